The Hall–Kier alpha value is -3.69. The van der Waals surface area contributed by atoms with E-state index in [0.29, 0.717) is 0 Å². The molecule has 1 aliphatic carbocycles. The molecule has 0 atom stereocenters. The molecule has 7 rings (SSSR count). The molecule has 1 aromatic heterocycles. The number of fused-ring (bicyclic) bond motifs is 4. The van der Waals surface area contributed by atoms with Crippen molar-refractivity contribution < 1.29 is 0 Å². The third-order valence-electron chi connectivity index (χ3n) is 6.64. The van der Waals surface area contributed by atoms with E-state index >= 15 is 0 Å². The molecule has 3 heteroatoms. The molecular formula is C30H22N2S. The van der Waals surface area contributed by atoms with Crippen molar-refractivity contribution in [3.63, 3.8) is 0 Å². The molecule has 1 aliphatic heterocycles. The molecule has 33 heavy (non-hydrogen) atoms. The number of para-hydroxylation sites is 3. The van der Waals surface area contributed by atoms with Crippen LogP contribution in [0.25, 0.3) is 22.7 Å². The second kappa shape index (κ2) is 7.16. The van der Waals surface area contributed by atoms with Crippen molar-refractivity contribution in [2.75, 3.05) is 4.90 Å². The zero-order chi connectivity index (χ0) is 21.9. The number of nitrogens with zero attached hydrogens (tertiary/aromatic N) is 2. The molecule has 0 amide bonds. The number of anilines is 3. The lowest BCUT2D eigenvalue weighted by molar-refractivity contribution is 1.09. The van der Waals surface area contributed by atoms with Gasteiger partial charge < -0.3 is 9.47 Å². The van der Waals surface area contributed by atoms with Gasteiger partial charge in [0.1, 0.15) is 0 Å². The van der Waals surface area contributed by atoms with Crippen molar-refractivity contribution in [2.24, 2.45) is 0 Å². The smallest absolute Gasteiger partial charge is 0.0601 e. The highest BCUT2D eigenvalue weighted by Gasteiger charge is 2.28. The topological polar surface area (TPSA) is 8.17 Å². The Labute approximate surface area is 197 Å². The van der Waals surface area contributed by atoms with Crippen LogP contribution in [-0.2, 0) is 6.42 Å². The number of benzene rings is 4. The average Bonchev–Trinajstić information content (AvgIpc) is 3.44. The predicted molar refractivity (Wildman–Crippen MR) is 139 cm³/mol. The summed E-state index contributed by atoms with van der Waals surface area (Å²) >= 11 is 1.86. The molecule has 0 unspecified atom stereocenters. The van der Waals surface area contributed by atoms with Gasteiger partial charge in [-0.2, -0.15) is 0 Å². The Morgan fingerprint density at radius 3 is 2.21 bits per heavy atom. The maximum absolute atomic E-state index is 2.46. The number of hydrogen-bond donors (Lipinski definition) is 0. The first-order valence-corrected chi connectivity index (χ1v) is 12.1. The SMILES string of the molecule is CC1=Cc2c(cc(-n3ccc4ccccc43)cc2N2c3ccccc3Sc3ccccc32)C1. The Morgan fingerprint density at radius 2 is 1.42 bits per heavy atom. The van der Waals surface area contributed by atoms with Crippen LogP contribution in [0.15, 0.2) is 113 Å². The van der Waals surface area contributed by atoms with E-state index < -0.39 is 0 Å². The highest BCUT2D eigenvalue weighted by Crippen LogP contribution is 2.53. The summed E-state index contributed by atoms with van der Waals surface area (Å²) in [6.07, 6.45) is 5.57. The summed E-state index contributed by atoms with van der Waals surface area (Å²) in [5.41, 5.74) is 10.3. The molecule has 0 bridgehead atoms. The van der Waals surface area contributed by atoms with Crippen molar-refractivity contribution in [1.29, 1.82) is 0 Å². The fourth-order valence-electron chi connectivity index (χ4n) is 5.19. The Balaban J connectivity index is 1.52. The second-order valence-electron chi connectivity index (χ2n) is 8.82. The molecule has 0 saturated carbocycles. The molecular weight excluding hydrogens is 420 g/mol. The molecule has 2 heterocycles. The largest absolute Gasteiger partial charge is 0.316 e. The molecule has 0 radical (unpaired) electrons. The lowest BCUT2D eigenvalue weighted by Gasteiger charge is -2.34. The van der Waals surface area contributed by atoms with Crippen LogP contribution in [0.3, 0.4) is 0 Å². The average molecular weight is 443 g/mol. The van der Waals surface area contributed by atoms with Crippen LogP contribution in [0, 0.1) is 0 Å². The maximum Gasteiger partial charge on any atom is 0.0601 e. The van der Waals surface area contributed by atoms with Gasteiger partial charge in [-0.25, -0.2) is 0 Å². The van der Waals surface area contributed by atoms with Gasteiger partial charge in [0.05, 0.1) is 22.6 Å². The molecule has 0 fully saturated rings. The van der Waals surface area contributed by atoms with Gasteiger partial charge in [0.2, 0.25) is 0 Å². The summed E-state index contributed by atoms with van der Waals surface area (Å²) in [6, 6.07) is 33.0. The lowest BCUT2D eigenvalue weighted by Crippen LogP contribution is -2.16. The van der Waals surface area contributed by atoms with Crippen LogP contribution in [0.1, 0.15) is 18.1 Å². The first-order valence-electron chi connectivity index (χ1n) is 11.3. The molecule has 158 valence electrons. The van der Waals surface area contributed by atoms with Gasteiger partial charge in [-0.05, 0) is 72.8 Å². The standard InChI is InChI=1S/C30H22N2S/c1-20-16-22-18-23(31-15-14-21-8-2-3-9-25(21)31)19-28(24(22)17-20)32-26-10-4-6-12-29(26)33-30-13-7-5-11-27(30)32/h2-15,17-19H,16H2,1H3. The van der Waals surface area contributed by atoms with Gasteiger partial charge in [-0.1, -0.05) is 65.9 Å². The molecule has 2 nitrogen and oxygen atoms in total. The Kier molecular flexibility index (Phi) is 4.09. The van der Waals surface area contributed by atoms with E-state index in [1.165, 1.54) is 60.1 Å². The molecule has 0 spiro atoms. The van der Waals surface area contributed by atoms with Gasteiger partial charge in [0, 0.05) is 27.2 Å². The van der Waals surface area contributed by atoms with Gasteiger partial charge in [0.25, 0.3) is 0 Å². The Bertz CT molecular complexity index is 1550. The zero-order valence-corrected chi connectivity index (χ0v) is 19.1. The highest BCUT2D eigenvalue weighted by atomic mass is 32.2. The van der Waals surface area contributed by atoms with Crippen LogP contribution in [0.4, 0.5) is 17.1 Å². The van der Waals surface area contributed by atoms with Gasteiger partial charge in [-0.15, -0.1) is 0 Å². The van der Waals surface area contributed by atoms with Crippen LogP contribution < -0.4 is 4.90 Å². The molecule has 2 aliphatic rings. The zero-order valence-electron chi connectivity index (χ0n) is 18.3. The number of allylic oxidation sites excluding steroid dienone is 1. The van der Waals surface area contributed by atoms with Crippen molar-refractivity contribution in [3.8, 4) is 5.69 Å². The molecule has 5 aromatic rings. The van der Waals surface area contributed by atoms with E-state index in [9.17, 15) is 0 Å². The minimum absolute atomic E-state index is 1.00. The summed E-state index contributed by atoms with van der Waals surface area (Å²) < 4.78 is 2.32. The van der Waals surface area contributed by atoms with E-state index in [2.05, 4.69) is 120 Å². The number of aromatic nitrogens is 1. The first-order chi connectivity index (χ1) is 16.3. The van der Waals surface area contributed by atoms with Gasteiger partial charge in [0.15, 0.2) is 0 Å². The normalized spacial score (nSPS) is 14.1. The fraction of sp³-hybridized carbons (Fsp3) is 0.0667. The monoisotopic (exact) mass is 442 g/mol. The summed E-state index contributed by atoms with van der Waals surface area (Å²) in [5, 5.41) is 1.26. The number of hydrogen-bond acceptors (Lipinski definition) is 2. The van der Waals surface area contributed by atoms with Gasteiger partial charge in [-0.3, -0.25) is 0 Å². The fourth-order valence-corrected chi connectivity index (χ4v) is 6.25. The minimum atomic E-state index is 1.00. The van der Waals surface area contributed by atoms with Gasteiger partial charge >= 0.3 is 0 Å². The van der Waals surface area contributed by atoms with Crippen LogP contribution in [-0.4, -0.2) is 4.57 Å². The second-order valence-corrected chi connectivity index (χ2v) is 9.91. The molecule has 0 N–H and O–H groups in total. The van der Waals surface area contributed by atoms with E-state index in [0.717, 1.165) is 6.42 Å². The Morgan fingerprint density at radius 1 is 0.727 bits per heavy atom. The summed E-state index contributed by atoms with van der Waals surface area (Å²) in [5.74, 6) is 0. The van der Waals surface area contributed by atoms with Crippen LogP contribution >= 0.6 is 11.8 Å². The lowest BCUT2D eigenvalue weighted by atomic mass is 10.0. The molecule has 0 saturated heterocycles. The van der Waals surface area contributed by atoms with E-state index in [4.69, 9.17) is 0 Å². The predicted octanol–water partition coefficient (Wildman–Crippen LogP) is 8.52. The van der Waals surface area contributed by atoms with Crippen molar-refractivity contribution in [2.45, 2.75) is 23.1 Å². The van der Waals surface area contributed by atoms with Crippen molar-refractivity contribution >= 4 is 45.8 Å². The van der Waals surface area contributed by atoms with E-state index in [1.807, 2.05) is 11.8 Å². The third-order valence-corrected chi connectivity index (χ3v) is 7.77. The maximum atomic E-state index is 2.46. The van der Waals surface area contributed by atoms with Crippen molar-refractivity contribution in [1.82, 2.24) is 4.57 Å². The highest BCUT2D eigenvalue weighted by molar-refractivity contribution is 7.99. The quantitative estimate of drug-likeness (QED) is 0.265. The van der Waals surface area contributed by atoms with Crippen molar-refractivity contribution in [3.05, 3.63) is 114 Å². The van der Waals surface area contributed by atoms with E-state index in [1.54, 1.807) is 0 Å². The summed E-state index contributed by atoms with van der Waals surface area (Å²) in [6.45, 7) is 2.24. The third kappa shape index (κ3) is 2.89. The summed E-state index contributed by atoms with van der Waals surface area (Å²) in [7, 11) is 0. The van der Waals surface area contributed by atoms with Crippen LogP contribution in [0.2, 0.25) is 0 Å². The first kappa shape index (κ1) is 18.8. The number of rotatable bonds is 2. The summed E-state index contributed by atoms with van der Waals surface area (Å²) in [4.78, 5) is 5.05. The molecule has 4 aromatic carbocycles. The van der Waals surface area contributed by atoms with E-state index in [-0.39, 0.29) is 0 Å². The minimum Gasteiger partial charge on any atom is -0.316 e. The van der Waals surface area contributed by atoms with Crippen LogP contribution in [0.5, 0.6) is 0 Å².